The minimum absolute atomic E-state index is 0.0793. The number of pyridine rings is 1. The summed E-state index contributed by atoms with van der Waals surface area (Å²) in [5, 5.41) is 9.00. The molecule has 1 aromatic heterocycles. The molecule has 1 saturated heterocycles. The lowest BCUT2D eigenvalue weighted by molar-refractivity contribution is -0.137. The first-order valence-corrected chi connectivity index (χ1v) is 8.71. The molecule has 28 heavy (non-hydrogen) atoms. The number of likely N-dealkylation sites (tertiary alicyclic amines) is 1. The molecule has 0 aliphatic carbocycles. The Morgan fingerprint density at radius 2 is 1.93 bits per heavy atom. The first kappa shape index (κ1) is 19.7. The zero-order chi connectivity index (χ0) is 20.3. The van der Waals surface area contributed by atoms with Crippen molar-refractivity contribution in [1.29, 1.82) is 0 Å². The summed E-state index contributed by atoms with van der Waals surface area (Å²) in [5.74, 6) is 0.584. The van der Waals surface area contributed by atoms with E-state index in [1.165, 1.54) is 11.0 Å². The van der Waals surface area contributed by atoms with E-state index < -0.39 is 17.8 Å². The molecule has 1 N–H and O–H groups in total. The number of nitrogens with zero attached hydrogens (tertiary/aromatic N) is 2. The smallest absolute Gasteiger partial charge is 0.417 e. The molecule has 0 radical (unpaired) electrons. The van der Waals surface area contributed by atoms with Gasteiger partial charge in [0, 0.05) is 25.4 Å². The van der Waals surface area contributed by atoms with E-state index in [2.05, 4.69) is 4.98 Å². The summed E-state index contributed by atoms with van der Waals surface area (Å²) >= 11 is 0. The Morgan fingerprint density at radius 1 is 1.21 bits per heavy atom. The van der Waals surface area contributed by atoms with E-state index in [4.69, 9.17) is 9.84 Å². The van der Waals surface area contributed by atoms with Gasteiger partial charge in [0.05, 0.1) is 5.56 Å². The van der Waals surface area contributed by atoms with Gasteiger partial charge in [0.1, 0.15) is 5.75 Å². The Hall–Kier alpha value is -3.03. The first-order valence-electron chi connectivity index (χ1n) is 8.71. The summed E-state index contributed by atoms with van der Waals surface area (Å²) in [4.78, 5) is 16.1. The Labute approximate surface area is 160 Å². The number of piperidine rings is 1. The molecule has 0 atom stereocenters. The second-order valence-corrected chi connectivity index (χ2v) is 6.58. The van der Waals surface area contributed by atoms with Gasteiger partial charge in [0.25, 0.3) is 0 Å². The monoisotopic (exact) mass is 392 g/mol. The van der Waals surface area contributed by atoms with Gasteiger partial charge in [-0.1, -0.05) is 23.8 Å². The third-order valence-electron chi connectivity index (χ3n) is 4.54. The Kier molecular flexibility index (Phi) is 5.58. The Bertz CT molecular complexity index is 883. The largest absolute Gasteiger partial charge is 0.465 e. The molecule has 5 nitrogen and oxygen atoms in total. The van der Waals surface area contributed by atoms with Crippen LogP contribution in [0.4, 0.5) is 18.0 Å². The predicted molar refractivity (Wildman–Crippen MR) is 97.3 cm³/mol. The van der Waals surface area contributed by atoms with Crippen LogP contribution >= 0.6 is 0 Å². The first-order chi connectivity index (χ1) is 13.2. The van der Waals surface area contributed by atoms with Crippen molar-refractivity contribution in [2.45, 2.75) is 25.9 Å². The van der Waals surface area contributed by atoms with Crippen molar-refractivity contribution in [3.05, 3.63) is 58.8 Å². The van der Waals surface area contributed by atoms with Crippen LogP contribution < -0.4 is 4.74 Å². The lowest BCUT2D eigenvalue weighted by Gasteiger charge is -2.25. The van der Waals surface area contributed by atoms with Crippen molar-refractivity contribution in [1.82, 2.24) is 9.88 Å². The van der Waals surface area contributed by atoms with Gasteiger partial charge in [0.2, 0.25) is 5.88 Å². The number of hydrogen-bond donors (Lipinski definition) is 1. The van der Waals surface area contributed by atoms with Crippen LogP contribution in [-0.4, -0.2) is 34.2 Å². The number of halogens is 3. The minimum Gasteiger partial charge on any atom is -0.465 e. The number of rotatable bonds is 3. The second kappa shape index (κ2) is 7.92. The van der Waals surface area contributed by atoms with E-state index in [1.54, 1.807) is 6.07 Å². The highest BCUT2D eigenvalue weighted by molar-refractivity contribution is 5.65. The van der Waals surface area contributed by atoms with Crippen molar-refractivity contribution in [3.63, 3.8) is 0 Å². The van der Waals surface area contributed by atoms with Gasteiger partial charge in [0.15, 0.2) is 0 Å². The number of amides is 1. The molecule has 8 heteroatoms. The van der Waals surface area contributed by atoms with Crippen molar-refractivity contribution in [3.8, 4) is 11.6 Å². The van der Waals surface area contributed by atoms with Crippen LogP contribution in [0.1, 0.15) is 29.5 Å². The number of carbonyl (C=O) groups is 1. The summed E-state index contributed by atoms with van der Waals surface area (Å²) in [5.41, 5.74) is 2.01. The van der Waals surface area contributed by atoms with Crippen LogP contribution in [-0.2, 0) is 6.18 Å². The highest BCUT2D eigenvalue weighted by Crippen LogP contribution is 2.31. The molecule has 2 aromatic rings. The number of aromatic nitrogens is 1. The number of ether oxygens (including phenoxy) is 1. The van der Waals surface area contributed by atoms with Crippen LogP contribution in [0.2, 0.25) is 0 Å². The fourth-order valence-electron chi connectivity index (χ4n) is 2.90. The molecular formula is C20H19F3N2O3. The fourth-order valence-corrected chi connectivity index (χ4v) is 2.90. The average molecular weight is 392 g/mol. The standard InChI is InChI=1S/C20H19F3N2O3/c1-13-2-3-15(10-14-6-8-25(9-7-14)19(26)27)11-17(13)28-18-5-4-16(12-24-18)20(21,22)23/h2-5,10-12H,6-9H2,1H3,(H,26,27). The quantitative estimate of drug-likeness (QED) is 0.764. The van der Waals surface area contributed by atoms with Gasteiger partial charge in [-0.3, -0.25) is 0 Å². The molecular weight excluding hydrogens is 373 g/mol. The predicted octanol–water partition coefficient (Wildman–Crippen LogP) is 5.36. The van der Waals surface area contributed by atoms with E-state index in [0.29, 0.717) is 31.7 Å². The maximum atomic E-state index is 12.6. The number of aryl methyl sites for hydroxylation is 1. The third-order valence-corrected chi connectivity index (χ3v) is 4.54. The van der Waals surface area contributed by atoms with E-state index in [1.807, 2.05) is 25.1 Å². The summed E-state index contributed by atoms with van der Waals surface area (Å²) in [6.07, 6.45) is -1.29. The zero-order valence-electron chi connectivity index (χ0n) is 15.2. The van der Waals surface area contributed by atoms with Crippen LogP contribution in [0.3, 0.4) is 0 Å². The summed E-state index contributed by atoms with van der Waals surface area (Å²) in [6.45, 7) is 2.76. The van der Waals surface area contributed by atoms with Gasteiger partial charge in [-0.25, -0.2) is 9.78 Å². The van der Waals surface area contributed by atoms with Gasteiger partial charge in [-0.2, -0.15) is 13.2 Å². The highest BCUT2D eigenvalue weighted by Gasteiger charge is 2.30. The summed E-state index contributed by atoms with van der Waals surface area (Å²) in [6, 6.07) is 7.69. The van der Waals surface area contributed by atoms with Gasteiger partial charge < -0.3 is 14.7 Å². The van der Waals surface area contributed by atoms with E-state index in [0.717, 1.165) is 29.0 Å². The van der Waals surface area contributed by atoms with Gasteiger partial charge in [-0.15, -0.1) is 0 Å². The number of benzene rings is 1. The Balaban J connectivity index is 1.73. The maximum Gasteiger partial charge on any atom is 0.417 e. The Morgan fingerprint density at radius 3 is 2.50 bits per heavy atom. The molecule has 1 aromatic carbocycles. The molecule has 1 aliphatic heterocycles. The van der Waals surface area contributed by atoms with Crippen LogP contribution in [0.25, 0.3) is 6.08 Å². The van der Waals surface area contributed by atoms with E-state index in [9.17, 15) is 18.0 Å². The molecule has 148 valence electrons. The minimum atomic E-state index is -4.44. The number of alkyl halides is 3. The van der Waals surface area contributed by atoms with Crippen LogP contribution in [0.15, 0.2) is 42.1 Å². The molecule has 1 amide bonds. The highest BCUT2D eigenvalue weighted by atomic mass is 19.4. The molecule has 1 fully saturated rings. The van der Waals surface area contributed by atoms with Gasteiger partial charge in [-0.05, 0) is 43.0 Å². The van der Waals surface area contributed by atoms with E-state index in [-0.39, 0.29) is 5.88 Å². The number of hydrogen-bond acceptors (Lipinski definition) is 3. The third kappa shape index (κ3) is 4.82. The van der Waals surface area contributed by atoms with E-state index >= 15 is 0 Å². The molecule has 0 saturated carbocycles. The summed E-state index contributed by atoms with van der Waals surface area (Å²) in [7, 11) is 0. The second-order valence-electron chi connectivity index (χ2n) is 6.58. The van der Waals surface area contributed by atoms with Crippen LogP contribution in [0.5, 0.6) is 11.6 Å². The van der Waals surface area contributed by atoms with Gasteiger partial charge >= 0.3 is 12.3 Å². The fraction of sp³-hybridized carbons (Fsp3) is 0.300. The number of carboxylic acid groups (broad SMARTS) is 1. The molecule has 1 aliphatic rings. The molecule has 0 spiro atoms. The van der Waals surface area contributed by atoms with Crippen LogP contribution in [0, 0.1) is 6.92 Å². The molecule has 3 rings (SSSR count). The van der Waals surface area contributed by atoms with Crippen molar-refractivity contribution in [2.24, 2.45) is 0 Å². The lowest BCUT2D eigenvalue weighted by atomic mass is 10.0. The zero-order valence-corrected chi connectivity index (χ0v) is 15.2. The topological polar surface area (TPSA) is 62.7 Å². The normalized spacial score (nSPS) is 14.7. The average Bonchev–Trinajstić information content (AvgIpc) is 2.64. The van der Waals surface area contributed by atoms with Crippen molar-refractivity contribution < 1.29 is 27.8 Å². The maximum absolute atomic E-state index is 12.6. The molecule has 0 bridgehead atoms. The van der Waals surface area contributed by atoms with Crippen molar-refractivity contribution in [2.75, 3.05) is 13.1 Å². The lowest BCUT2D eigenvalue weighted by Crippen LogP contribution is -2.35. The van der Waals surface area contributed by atoms with Crippen molar-refractivity contribution >= 4 is 12.2 Å². The summed E-state index contributed by atoms with van der Waals surface area (Å²) < 4.78 is 43.6. The molecule has 2 heterocycles. The SMILES string of the molecule is Cc1ccc(C=C2CCN(C(=O)O)CC2)cc1Oc1ccc(C(F)(F)F)cn1. The molecule has 0 unspecified atom stereocenters.